The molecule has 4 nitrogen and oxygen atoms in total. The molecule has 0 saturated heterocycles. The van der Waals surface area contributed by atoms with Gasteiger partial charge in [0.05, 0.1) is 0 Å². The lowest BCUT2D eigenvalue weighted by Crippen LogP contribution is -2.14. The van der Waals surface area contributed by atoms with Gasteiger partial charge in [-0.2, -0.15) is 13.2 Å². The summed E-state index contributed by atoms with van der Waals surface area (Å²) in [5.74, 6) is -1.52. The van der Waals surface area contributed by atoms with E-state index in [0.717, 1.165) is 5.56 Å². The van der Waals surface area contributed by atoms with Crippen LogP contribution in [0, 0.1) is 5.82 Å². The zero-order chi connectivity index (χ0) is 15.5. The molecule has 0 aliphatic carbocycles. The van der Waals surface area contributed by atoms with Crippen molar-refractivity contribution in [2.75, 3.05) is 17.7 Å². The summed E-state index contributed by atoms with van der Waals surface area (Å²) in [4.78, 5) is 6.78. The number of nitrogens with one attached hydrogen (secondary N) is 2. The van der Waals surface area contributed by atoms with E-state index >= 15 is 0 Å². The molecule has 1 aromatic heterocycles. The molecule has 2 N–H and O–H groups in total. The topological polar surface area (TPSA) is 49.8 Å². The largest absolute Gasteiger partial charge is 0.451 e. The number of aromatic nitrogens is 2. The van der Waals surface area contributed by atoms with Crippen LogP contribution in [0.5, 0.6) is 0 Å². The molecular formula is C13H12F4N4. The van der Waals surface area contributed by atoms with E-state index in [-0.39, 0.29) is 24.0 Å². The van der Waals surface area contributed by atoms with Gasteiger partial charge in [0, 0.05) is 19.7 Å². The number of benzene rings is 1. The first-order valence-electron chi connectivity index (χ1n) is 6.01. The summed E-state index contributed by atoms with van der Waals surface area (Å²) in [6.45, 7) is 0.220. The highest BCUT2D eigenvalue weighted by Crippen LogP contribution is 2.28. The van der Waals surface area contributed by atoms with Crippen LogP contribution in [0.4, 0.5) is 29.2 Å². The second kappa shape index (κ2) is 5.94. The lowest BCUT2D eigenvalue weighted by molar-refractivity contribution is -0.144. The number of anilines is 2. The van der Waals surface area contributed by atoms with Gasteiger partial charge in [0.2, 0.25) is 5.82 Å². The molecule has 0 radical (unpaired) electrons. The number of hydrogen-bond acceptors (Lipinski definition) is 4. The standard InChI is InChI=1S/C13H12F4N4/c1-18-10-6-11(21-12(20-10)13(15,16)17)19-7-8-2-4-9(14)5-3-8/h2-6H,7H2,1H3,(H2,18,19,20,21). The maximum absolute atomic E-state index is 12.8. The van der Waals surface area contributed by atoms with Gasteiger partial charge in [0.15, 0.2) is 0 Å². The minimum absolute atomic E-state index is 0.0333. The summed E-state index contributed by atoms with van der Waals surface area (Å²) in [6.07, 6.45) is -4.63. The molecule has 0 aliphatic rings. The van der Waals surface area contributed by atoms with E-state index in [1.807, 2.05) is 0 Å². The van der Waals surface area contributed by atoms with Crippen molar-refractivity contribution in [3.05, 3.63) is 47.5 Å². The van der Waals surface area contributed by atoms with E-state index in [1.54, 1.807) is 0 Å². The van der Waals surface area contributed by atoms with Crippen molar-refractivity contribution in [3.63, 3.8) is 0 Å². The lowest BCUT2D eigenvalue weighted by Gasteiger charge is -2.11. The molecule has 21 heavy (non-hydrogen) atoms. The summed E-state index contributed by atoms with van der Waals surface area (Å²) in [5.41, 5.74) is 0.717. The maximum atomic E-state index is 12.8. The van der Waals surface area contributed by atoms with Crippen LogP contribution in [-0.4, -0.2) is 17.0 Å². The normalized spacial score (nSPS) is 11.3. The highest BCUT2D eigenvalue weighted by Gasteiger charge is 2.35. The molecule has 1 aromatic carbocycles. The van der Waals surface area contributed by atoms with Crippen LogP contribution >= 0.6 is 0 Å². The number of alkyl halides is 3. The zero-order valence-electron chi connectivity index (χ0n) is 11.0. The second-order valence-corrected chi connectivity index (χ2v) is 4.19. The van der Waals surface area contributed by atoms with Gasteiger partial charge in [-0.15, -0.1) is 0 Å². The third kappa shape index (κ3) is 4.04. The van der Waals surface area contributed by atoms with E-state index in [4.69, 9.17) is 0 Å². The smallest absolute Gasteiger partial charge is 0.373 e. The van der Waals surface area contributed by atoms with E-state index in [9.17, 15) is 17.6 Å². The molecule has 0 unspecified atom stereocenters. The van der Waals surface area contributed by atoms with Gasteiger partial charge in [-0.25, -0.2) is 14.4 Å². The lowest BCUT2D eigenvalue weighted by atomic mass is 10.2. The van der Waals surface area contributed by atoms with Crippen LogP contribution in [-0.2, 0) is 12.7 Å². The molecule has 0 spiro atoms. The molecule has 0 amide bonds. The molecule has 0 bridgehead atoms. The fraction of sp³-hybridized carbons (Fsp3) is 0.231. The first kappa shape index (κ1) is 15.0. The van der Waals surface area contributed by atoms with E-state index < -0.39 is 12.0 Å². The van der Waals surface area contributed by atoms with Crippen molar-refractivity contribution in [1.82, 2.24) is 9.97 Å². The van der Waals surface area contributed by atoms with Crippen LogP contribution in [0.2, 0.25) is 0 Å². The highest BCUT2D eigenvalue weighted by atomic mass is 19.4. The molecule has 0 atom stereocenters. The monoisotopic (exact) mass is 300 g/mol. The van der Waals surface area contributed by atoms with Gasteiger partial charge >= 0.3 is 6.18 Å². The number of halogens is 4. The number of rotatable bonds is 4. The Bertz CT molecular complexity index is 611. The molecule has 1 heterocycles. The first-order valence-corrected chi connectivity index (χ1v) is 6.01. The van der Waals surface area contributed by atoms with Crippen LogP contribution < -0.4 is 10.6 Å². The Hall–Kier alpha value is -2.38. The average Bonchev–Trinajstić information content (AvgIpc) is 2.45. The SMILES string of the molecule is CNc1cc(NCc2ccc(F)cc2)nc(C(F)(F)F)n1. The van der Waals surface area contributed by atoms with Gasteiger partial charge < -0.3 is 10.6 Å². The first-order chi connectivity index (χ1) is 9.88. The minimum Gasteiger partial charge on any atom is -0.373 e. The number of hydrogen-bond donors (Lipinski definition) is 2. The van der Waals surface area contributed by atoms with Crippen molar-refractivity contribution in [2.45, 2.75) is 12.7 Å². The summed E-state index contributed by atoms with van der Waals surface area (Å²) in [7, 11) is 1.46. The van der Waals surface area contributed by atoms with Gasteiger partial charge in [-0.05, 0) is 17.7 Å². The molecule has 2 aromatic rings. The maximum Gasteiger partial charge on any atom is 0.451 e. The van der Waals surface area contributed by atoms with Crippen molar-refractivity contribution < 1.29 is 17.6 Å². The van der Waals surface area contributed by atoms with Crippen molar-refractivity contribution in [3.8, 4) is 0 Å². The van der Waals surface area contributed by atoms with Crippen LogP contribution in [0.1, 0.15) is 11.4 Å². The Morgan fingerprint density at radius 1 is 1.05 bits per heavy atom. The van der Waals surface area contributed by atoms with E-state index in [0.29, 0.717) is 0 Å². The second-order valence-electron chi connectivity index (χ2n) is 4.19. The van der Waals surface area contributed by atoms with Crippen molar-refractivity contribution >= 4 is 11.6 Å². The van der Waals surface area contributed by atoms with Gasteiger partial charge in [-0.3, -0.25) is 0 Å². The predicted octanol–water partition coefficient (Wildman–Crippen LogP) is 3.29. The Morgan fingerprint density at radius 2 is 1.67 bits per heavy atom. The Balaban J connectivity index is 2.17. The molecule has 0 fully saturated rings. The molecule has 8 heteroatoms. The van der Waals surface area contributed by atoms with Crippen LogP contribution in [0.25, 0.3) is 0 Å². The molecule has 112 valence electrons. The number of nitrogens with zero attached hydrogens (tertiary/aromatic N) is 2. The summed E-state index contributed by atoms with van der Waals surface area (Å²) >= 11 is 0. The third-order valence-electron chi connectivity index (χ3n) is 2.62. The summed E-state index contributed by atoms with van der Waals surface area (Å²) in [5, 5.41) is 5.30. The van der Waals surface area contributed by atoms with Gasteiger partial charge in [0.1, 0.15) is 17.5 Å². The minimum atomic E-state index is -4.63. The quantitative estimate of drug-likeness (QED) is 0.851. The predicted molar refractivity (Wildman–Crippen MR) is 70.3 cm³/mol. The van der Waals surface area contributed by atoms with Gasteiger partial charge in [-0.1, -0.05) is 12.1 Å². The highest BCUT2D eigenvalue weighted by molar-refractivity contribution is 5.47. The van der Waals surface area contributed by atoms with Crippen LogP contribution in [0.3, 0.4) is 0 Å². The Labute approximate surface area is 118 Å². The Morgan fingerprint density at radius 3 is 2.24 bits per heavy atom. The summed E-state index contributed by atoms with van der Waals surface area (Å²) in [6, 6.07) is 6.98. The fourth-order valence-electron chi connectivity index (χ4n) is 1.59. The van der Waals surface area contributed by atoms with Crippen LogP contribution in [0.15, 0.2) is 30.3 Å². The molecule has 0 saturated carbocycles. The van der Waals surface area contributed by atoms with Gasteiger partial charge in [0.25, 0.3) is 0 Å². The summed E-state index contributed by atoms with van der Waals surface area (Å²) < 4.78 is 50.8. The molecular weight excluding hydrogens is 288 g/mol. The van der Waals surface area contributed by atoms with Crippen molar-refractivity contribution in [2.24, 2.45) is 0 Å². The Kier molecular flexibility index (Phi) is 4.25. The molecule has 0 aliphatic heterocycles. The van der Waals surface area contributed by atoms with Crippen molar-refractivity contribution in [1.29, 1.82) is 0 Å². The molecule has 2 rings (SSSR count). The average molecular weight is 300 g/mol. The zero-order valence-corrected chi connectivity index (χ0v) is 11.0. The fourth-order valence-corrected chi connectivity index (χ4v) is 1.59. The third-order valence-corrected chi connectivity index (χ3v) is 2.62. The van der Waals surface area contributed by atoms with E-state index in [1.165, 1.54) is 37.4 Å². The van der Waals surface area contributed by atoms with E-state index in [2.05, 4.69) is 20.6 Å².